The molecule has 0 aliphatic carbocycles. The summed E-state index contributed by atoms with van der Waals surface area (Å²) in [6, 6.07) is 5.76. The minimum atomic E-state index is -0.197. The molecule has 0 unspecified atom stereocenters. The fourth-order valence-electron chi connectivity index (χ4n) is 1.66. The zero-order valence-corrected chi connectivity index (χ0v) is 12.8. The van der Waals surface area contributed by atoms with Gasteiger partial charge in [-0.3, -0.25) is 4.79 Å². The third-order valence-electron chi connectivity index (χ3n) is 2.44. The summed E-state index contributed by atoms with van der Waals surface area (Å²) in [4.78, 5) is 16.3. The summed E-state index contributed by atoms with van der Waals surface area (Å²) < 4.78 is 0.935. The van der Waals surface area contributed by atoms with Crippen LogP contribution < -0.4 is 11.1 Å². The van der Waals surface area contributed by atoms with Gasteiger partial charge in [0.2, 0.25) is 0 Å². The Morgan fingerprint density at radius 2 is 2.26 bits per heavy atom. The number of benzene rings is 1. The highest BCUT2D eigenvalue weighted by Gasteiger charge is 2.11. The highest BCUT2D eigenvalue weighted by molar-refractivity contribution is 9.10. The molecule has 0 spiro atoms. The number of hydrogen-bond acceptors (Lipinski definition) is 4. The normalized spacial score (nSPS) is 10.5. The Kier molecular flexibility index (Phi) is 4.68. The van der Waals surface area contributed by atoms with E-state index in [4.69, 9.17) is 5.73 Å². The molecule has 0 aliphatic heterocycles. The number of thiazole rings is 1. The molecule has 1 heterocycles. The first-order valence-electron chi connectivity index (χ1n) is 5.81. The van der Waals surface area contributed by atoms with Crippen molar-refractivity contribution in [1.82, 2.24) is 4.98 Å². The summed E-state index contributed by atoms with van der Waals surface area (Å²) >= 11 is 4.86. The van der Waals surface area contributed by atoms with Gasteiger partial charge in [0, 0.05) is 22.0 Å². The van der Waals surface area contributed by atoms with E-state index < -0.39 is 0 Å². The average Bonchev–Trinajstić information content (AvgIpc) is 2.76. The van der Waals surface area contributed by atoms with E-state index in [0.29, 0.717) is 18.7 Å². The number of carbonyl (C=O) groups excluding carboxylic acids is 1. The van der Waals surface area contributed by atoms with E-state index in [1.54, 1.807) is 5.38 Å². The molecule has 1 aromatic carbocycles. The minimum Gasteiger partial charge on any atom is -0.330 e. The molecule has 19 heavy (non-hydrogen) atoms. The Morgan fingerprint density at radius 1 is 1.47 bits per heavy atom. The molecule has 0 fully saturated rings. The van der Waals surface area contributed by atoms with Gasteiger partial charge in [-0.05, 0) is 37.2 Å². The second-order valence-corrected chi connectivity index (χ2v) is 5.99. The number of rotatable bonds is 4. The smallest absolute Gasteiger partial charge is 0.275 e. The SMILES string of the molecule is Cc1cc(Br)cc(NC(=O)c2csc(CCN)n2)c1. The van der Waals surface area contributed by atoms with Crippen LogP contribution in [0.3, 0.4) is 0 Å². The van der Waals surface area contributed by atoms with Gasteiger partial charge in [0.25, 0.3) is 5.91 Å². The van der Waals surface area contributed by atoms with Crippen molar-refractivity contribution in [2.45, 2.75) is 13.3 Å². The molecule has 0 bridgehead atoms. The Morgan fingerprint density at radius 3 is 2.95 bits per heavy atom. The van der Waals surface area contributed by atoms with Crippen LogP contribution in [0.1, 0.15) is 21.1 Å². The van der Waals surface area contributed by atoms with Crippen LogP contribution in [0.25, 0.3) is 0 Å². The van der Waals surface area contributed by atoms with Crippen molar-refractivity contribution in [3.8, 4) is 0 Å². The van der Waals surface area contributed by atoms with Gasteiger partial charge >= 0.3 is 0 Å². The maximum Gasteiger partial charge on any atom is 0.275 e. The van der Waals surface area contributed by atoms with Gasteiger partial charge < -0.3 is 11.1 Å². The van der Waals surface area contributed by atoms with Crippen molar-refractivity contribution >= 4 is 38.9 Å². The maximum atomic E-state index is 12.0. The molecule has 100 valence electrons. The molecule has 0 atom stereocenters. The van der Waals surface area contributed by atoms with E-state index in [1.165, 1.54) is 11.3 Å². The van der Waals surface area contributed by atoms with Gasteiger partial charge in [0.05, 0.1) is 5.01 Å². The molecular weight excluding hydrogens is 326 g/mol. The van der Waals surface area contributed by atoms with E-state index in [2.05, 4.69) is 26.2 Å². The third kappa shape index (κ3) is 3.86. The van der Waals surface area contributed by atoms with Crippen LogP contribution in [0.5, 0.6) is 0 Å². The molecule has 4 nitrogen and oxygen atoms in total. The highest BCUT2D eigenvalue weighted by Crippen LogP contribution is 2.20. The van der Waals surface area contributed by atoms with Gasteiger partial charge in [-0.15, -0.1) is 11.3 Å². The summed E-state index contributed by atoms with van der Waals surface area (Å²) in [6.45, 7) is 2.52. The molecule has 0 saturated heterocycles. The van der Waals surface area contributed by atoms with Crippen molar-refractivity contribution < 1.29 is 4.79 Å². The van der Waals surface area contributed by atoms with Gasteiger partial charge in [-0.1, -0.05) is 15.9 Å². The quantitative estimate of drug-likeness (QED) is 0.899. The highest BCUT2D eigenvalue weighted by atomic mass is 79.9. The van der Waals surface area contributed by atoms with Crippen molar-refractivity contribution in [2.24, 2.45) is 5.73 Å². The number of aromatic nitrogens is 1. The number of amides is 1. The number of anilines is 1. The number of aryl methyl sites for hydroxylation is 1. The first-order chi connectivity index (χ1) is 9.08. The number of halogens is 1. The number of carbonyl (C=O) groups is 1. The average molecular weight is 340 g/mol. The first kappa shape index (κ1) is 14.2. The first-order valence-corrected chi connectivity index (χ1v) is 7.49. The van der Waals surface area contributed by atoms with Crippen LogP contribution in [-0.2, 0) is 6.42 Å². The summed E-state index contributed by atoms with van der Waals surface area (Å²) in [5, 5.41) is 5.48. The fraction of sp³-hybridized carbons (Fsp3) is 0.231. The summed E-state index contributed by atoms with van der Waals surface area (Å²) in [5.74, 6) is -0.197. The number of nitrogens with two attached hydrogens (primary N) is 1. The lowest BCUT2D eigenvalue weighted by molar-refractivity contribution is 0.102. The second kappa shape index (κ2) is 6.27. The van der Waals surface area contributed by atoms with E-state index in [0.717, 1.165) is 20.7 Å². The van der Waals surface area contributed by atoms with Crippen LogP contribution in [0, 0.1) is 6.92 Å². The molecule has 1 aromatic heterocycles. The predicted molar refractivity (Wildman–Crippen MR) is 81.7 cm³/mol. The van der Waals surface area contributed by atoms with E-state index in [9.17, 15) is 4.79 Å². The van der Waals surface area contributed by atoms with Crippen LogP contribution in [0.15, 0.2) is 28.1 Å². The molecule has 0 saturated carbocycles. The topological polar surface area (TPSA) is 68.0 Å². The number of nitrogens with one attached hydrogen (secondary N) is 1. The molecule has 1 amide bonds. The summed E-state index contributed by atoms with van der Waals surface area (Å²) in [6.07, 6.45) is 0.702. The summed E-state index contributed by atoms with van der Waals surface area (Å²) in [7, 11) is 0. The Hall–Kier alpha value is -1.24. The maximum absolute atomic E-state index is 12.0. The van der Waals surface area contributed by atoms with Crippen LogP contribution in [0.2, 0.25) is 0 Å². The zero-order chi connectivity index (χ0) is 13.8. The van der Waals surface area contributed by atoms with Gasteiger partial charge in [0.1, 0.15) is 5.69 Å². The molecule has 6 heteroatoms. The van der Waals surface area contributed by atoms with Crippen LogP contribution in [0.4, 0.5) is 5.69 Å². The summed E-state index contributed by atoms with van der Waals surface area (Å²) in [5.41, 5.74) is 7.73. The Balaban J connectivity index is 2.11. The van der Waals surface area contributed by atoms with Crippen LogP contribution >= 0.6 is 27.3 Å². The third-order valence-corrected chi connectivity index (χ3v) is 3.81. The molecule has 2 rings (SSSR count). The second-order valence-electron chi connectivity index (χ2n) is 4.14. The van der Waals surface area contributed by atoms with E-state index >= 15 is 0 Å². The zero-order valence-electron chi connectivity index (χ0n) is 10.4. The lowest BCUT2D eigenvalue weighted by Crippen LogP contribution is -2.13. The lowest BCUT2D eigenvalue weighted by Gasteiger charge is -2.05. The Labute approximate surface area is 124 Å². The molecule has 3 N–H and O–H groups in total. The number of nitrogens with zero attached hydrogens (tertiary/aromatic N) is 1. The molecule has 0 aliphatic rings. The predicted octanol–water partition coefficient (Wildman–Crippen LogP) is 2.97. The lowest BCUT2D eigenvalue weighted by atomic mass is 10.2. The van der Waals surface area contributed by atoms with Crippen molar-refractivity contribution in [3.63, 3.8) is 0 Å². The Bertz CT molecular complexity index is 577. The van der Waals surface area contributed by atoms with E-state index in [-0.39, 0.29) is 5.91 Å². The van der Waals surface area contributed by atoms with Crippen molar-refractivity contribution in [2.75, 3.05) is 11.9 Å². The van der Waals surface area contributed by atoms with E-state index in [1.807, 2.05) is 25.1 Å². The van der Waals surface area contributed by atoms with Crippen molar-refractivity contribution in [3.05, 3.63) is 44.3 Å². The fourth-order valence-corrected chi connectivity index (χ4v) is 3.06. The van der Waals surface area contributed by atoms with Crippen molar-refractivity contribution in [1.29, 1.82) is 0 Å². The molecule has 0 radical (unpaired) electrons. The van der Waals surface area contributed by atoms with Crippen LogP contribution in [-0.4, -0.2) is 17.4 Å². The largest absolute Gasteiger partial charge is 0.330 e. The molecular formula is C13H14BrN3OS. The van der Waals surface area contributed by atoms with Gasteiger partial charge in [-0.25, -0.2) is 4.98 Å². The monoisotopic (exact) mass is 339 g/mol. The molecule has 2 aromatic rings. The standard InChI is InChI=1S/C13H14BrN3OS/c1-8-4-9(14)6-10(5-8)16-13(18)11-7-19-12(17-11)2-3-15/h4-7H,2-3,15H2,1H3,(H,16,18). The van der Waals surface area contributed by atoms with Gasteiger partial charge in [0.15, 0.2) is 0 Å². The minimum absolute atomic E-state index is 0.197. The number of hydrogen-bond donors (Lipinski definition) is 2. The van der Waals surface area contributed by atoms with Gasteiger partial charge in [-0.2, -0.15) is 0 Å².